The van der Waals surface area contributed by atoms with Crippen LogP contribution in [0.4, 0.5) is 0 Å². The van der Waals surface area contributed by atoms with Gasteiger partial charge in [-0.2, -0.15) is 0 Å². The van der Waals surface area contributed by atoms with Gasteiger partial charge in [-0.3, -0.25) is 9.59 Å². The molecule has 0 saturated carbocycles. The highest BCUT2D eigenvalue weighted by atomic mass is 16.7. The van der Waals surface area contributed by atoms with E-state index >= 15 is 0 Å². The molecule has 6 nitrogen and oxygen atoms in total. The molecular weight excluding hydrogens is 320 g/mol. The summed E-state index contributed by atoms with van der Waals surface area (Å²) >= 11 is 0. The molecule has 0 radical (unpaired) electrons. The lowest BCUT2D eigenvalue weighted by Gasteiger charge is -2.34. The van der Waals surface area contributed by atoms with Gasteiger partial charge in [-0.15, -0.1) is 0 Å². The molecule has 0 aliphatic carbocycles. The van der Waals surface area contributed by atoms with E-state index in [1.165, 1.54) is 0 Å². The lowest BCUT2D eigenvalue weighted by molar-refractivity contribution is -0.139. The monoisotopic (exact) mass is 346 g/mol. The zero-order valence-electron chi connectivity index (χ0n) is 14.5. The normalized spacial score (nSPS) is 21.3. The van der Waals surface area contributed by atoms with E-state index < -0.39 is 0 Å². The Morgan fingerprint density at radius 2 is 1.92 bits per heavy atom. The molecule has 2 amide bonds. The van der Waals surface area contributed by atoms with E-state index in [-0.39, 0.29) is 24.0 Å². The second-order valence-corrected chi connectivity index (χ2v) is 6.61. The van der Waals surface area contributed by atoms with Crippen molar-refractivity contribution >= 4 is 11.8 Å². The van der Waals surface area contributed by atoms with Crippen LogP contribution in [0.15, 0.2) is 30.3 Å². The molecule has 0 spiro atoms. The Labute approximate surface area is 148 Å². The van der Waals surface area contributed by atoms with Crippen LogP contribution in [-0.2, 0) is 25.5 Å². The van der Waals surface area contributed by atoms with Crippen molar-refractivity contribution < 1.29 is 19.1 Å². The predicted molar refractivity (Wildman–Crippen MR) is 92.8 cm³/mol. The summed E-state index contributed by atoms with van der Waals surface area (Å²) in [6.07, 6.45) is 2.51. The number of carbonyl (C=O) groups excluding carboxylic acids is 2. The fraction of sp³-hybridized carbons (Fsp3) is 0.579. The third kappa shape index (κ3) is 5.28. The average molecular weight is 346 g/mol. The molecule has 3 rings (SSSR count). The highest BCUT2D eigenvalue weighted by Gasteiger charge is 2.32. The molecule has 2 aliphatic heterocycles. The maximum Gasteiger partial charge on any atom is 0.224 e. The summed E-state index contributed by atoms with van der Waals surface area (Å²) in [4.78, 5) is 26.2. The van der Waals surface area contributed by atoms with Gasteiger partial charge in [0, 0.05) is 32.0 Å². The molecule has 2 aliphatic rings. The van der Waals surface area contributed by atoms with Crippen LogP contribution in [0.2, 0.25) is 0 Å². The molecule has 6 heteroatoms. The number of benzene rings is 1. The van der Waals surface area contributed by atoms with Gasteiger partial charge in [0.25, 0.3) is 0 Å². The van der Waals surface area contributed by atoms with Gasteiger partial charge >= 0.3 is 0 Å². The van der Waals surface area contributed by atoms with Gasteiger partial charge in [0.1, 0.15) is 0 Å². The SMILES string of the molecule is O=C(Cc1ccccc1)NCCC(=O)N1CCCC(C2OCCO2)C1. The minimum atomic E-state index is -0.166. The van der Waals surface area contributed by atoms with Crippen LogP contribution in [-0.4, -0.2) is 55.9 Å². The number of ether oxygens (including phenoxy) is 2. The van der Waals surface area contributed by atoms with Crippen molar-refractivity contribution in [1.29, 1.82) is 0 Å². The Hall–Kier alpha value is -1.92. The number of piperidine rings is 1. The fourth-order valence-electron chi connectivity index (χ4n) is 3.42. The quantitative estimate of drug-likeness (QED) is 0.844. The Bertz CT molecular complexity index is 572. The van der Waals surface area contributed by atoms with Crippen molar-refractivity contribution in [2.45, 2.75) is 32.0 Å². The first-order valence-electron chi connectivity index (χ1n) is 9.04. The summed E-state index contributed by atoms with van der Waals surface area (Å²) in [6.45, 7) is 3.12. The summed E-state index contributed by atoms with van der Waals surface area (Å²) < 4.78 is 11.1. The van der Waals surface area contributed by atoms with E-state index in [4.69, 9.17) is 9.47 Å². The summed E-state index contributed by atoms with van der Waals surface area (Å²) in [5.74, 6) is 0.291. The first kappa shape index (κ1) is 17.9. The zero-order valence-corrected chi connectivity index (χ0v) is 14.5. The first-order valence-corrected chi connectivity index (χ1v) is 9.04. The minimum Gasteiger partial charge on any atom is -0.355 e. The largest absolute Gasteiger partial charge is 0.355 e. The minimum absolute atomic E-state index is 0.0525. The molecule has 136 valence electrons. The van der Waals surface area contributed by atoms with Crippen LogP contribution in [0.3, 0.4) is 0 Å². The van der Waals surface area contributed by atoms with Gasteiger partial charge in [0.15, 0.2) is 6.29 Å². The summed E-state index contributed by atoms with van der Waals surface area (Å²) in [5, 5.41) is 2.83. The molecule has 1 N–H and O–H groups in total. The van der Waals surface area contributed by atoms with E-state index in [9.17, 15) is 9.59 Å². The third-order valence-corrected chi connectivity index (χ3v) is 4.71. The molecule has 2 heterocycles. The van der Waals surface area contributed by atoms with Crippen LogP contribution in [0.25, 0.3) is 0 Å². The third-order valence-electron chi connectivity index (χ3n) is 4.71. The molecule has 2 saturated heterocycles. The number of nitrogens with one attached hydrogen (secondary N) is 1. The van der Waals surface area contributed by atoms with E-state index in [2.05, 4.69) is 5.32 Å². The first-order chi connectivity index (χ1) is 12.2. The second kappa shape index (κ2) is 8.97. The highest BCUT2D eigenvalue weighted by molar-refractivity contribution is 5.80. The molecular formula is C19H26N2O4. The summed E-state index contributed by atoms with van der Waals surface area (Å²) in [6, 6.07) is 9.60. The molecule has 0 bridgehead atoms. The van der Waals surface area contributed by atoms with Crippen LogP contribution >= 0.6 is 0 Å². The second-order valence-electron chi connectivity index (χ2n) is 6.61. The molecule has 0 aromatic heterocycles. The van der Waals surface area contributed by atoms with E-state index in [0.717, 1.165) is 24.9 Å². The Balaban J connectivity index is 1.37. The molecule has 2 fully saturated rings. The van der Waals surface area contributed by atoms with Gasteiger partial charge in [-0.25, -0.2) is 0 Å². The molecule has 1 aromatic rings. The molecule has 25 heavy (non-hydrogen) atoms. The van der Waals surface area contributed by atoms with Crippen molar-refractivity contribution in [1.82, 2.24) is 10.2 Å². The number of hydrogen-bond donors (Lipinski definition) is 1. The van der Waals surface area contributed by atoms with Crippen molar-refractivity contribution in [3.63, 3.8) is 0 Å². The topological polar surface area (TPSA) is 67.9 Å². The van der Waals surface area contributed by atoms with E-state index in [1.54, 1.807) is 0 Å². The van der Waals surface area contributed by atoms with Crippen LogP contribution < -0.4 is 5.32 Å². The van der Waals surface area contributed by atoms with Gasteiger partial charge in [-0.1, -0.05) is 30.3 Å². The Kier molecular flexibility index (Phi) is 6.42. The number of hydrogen-bond acceptors (Lipinski definition) is 4. The van der Waals surface area contributed by atoms with Gasteiger partial charge in [0.2, 0.25) is 11.8 Å². The lowest BCUT2D eigenvalue weighted by atomic mass is 9.97. The van der Waals surface area contributed by atoms with Gasteiger partial charge in [0.05, 0.1) is 19.6 Å². The molecule has 1 atom stereocenters. The zero-order chi connectivity index (χ0) is 17.5. The standard InChI is InChI=1S/C19H26N2O4/c22-17(13-15-5-2-1-3-6-15)20-9-8-18(23)21-10-4-7-16(14-21)19-24-11-12-25-19/h1-3,5-6,16,19H,4,7-14H2,(H,20,22). The maximum atomic E-state index is 12.4. The van der Waals surface area contributed by atoms with Crippen LogP contribution in [0, 0.1) is 5.92 Å². The number of carbonyl (C=O) groups is 2. The Morgan fingerprint density at radius 1 is 1.16 bits per heavy atom. The van der Waals surface area contributed by atoms with Crippen molar-refractivity contribution in [2.75, 3.05) is 32.8 Å². The number of amides is 2. The van der Waals surface area contributed by atoms with Crippen molar-refractivity contribution in [2.24, 2.45) is 5.92 Å². The van der Waals surface area contributed by atoms with Crippen LogP contribution in [0.1, 0.15) is 24.8 Å². The number of rotatable bonds is 6. The number of nitrogens with zero attached hydrogens (tertiary/aromatic N) is 1. The van der Waals surface area contributed by atoms with Crippen molar-refractivity contribution in [3.8, 4) is 0 Å². The van der Waals surface area contributed by atoms with Crippen molar-refractivity contribution in [3.05, 3.63) is 35.9 Å². The number of likely N-dealkylation sites (tertiary alicyclic amines) is 1. The van der Waals surface area contributed by atoms with Crippen LogP contribution in [0.5, 0.6) is 0 Å². The lowest BCUT2D eigenvalue weighted by Crippen LogP contribution is -2.44. The molecule has 1 aromatic carbocycles. The maximum absolute atomic E-state index is 12.4. The van der Waals surface area contributed by atoms with Gasteiger partial charge < -0.3 is 19.7 Å². The average Bonchev–Trinajstić information content (AvgIpc) is 3.17. The fourth-order valence-corrected chi connectivity index (χ4v) is 3.42. The Morgan fingerprint density at radius 3 is 2.68 bits per heavy atom. The predicted octanol–water partition coefficient (Wildman–Crippen LogP) is 1.35. The summed E-state index contributed by atoms with van der Waals surface area (Å²) in [5.41, 5.74) is 0.974. The van der Waals surface area contributed by atoms with E-state index in [1.807, 2.05) is 35.2 Å². The highest BCUT2D eigenvalue weighted by Crippen LogP contribution is 2.25. The smallest absolute Gasteiger partial charge is 0.224 e. The molecule has 1 unspecified atom stereocenters. The van der Waals surface area contributed by atoms with Gasteiger partial charge in [-0.05, 0) is 18.4 Å². The summed E-state index contributed by atoms with van der Waals surface area (Å²) in [7, 11) is 0. The van der Waals surface area contributed by atoms with E-state index in [0.29, 0.717) is 39.1 Å².